The molecule has 1 aliphatic rings. The van der Waals surface area contributed by atoms with Gasteiger partial charge in [0.15, 0.2) is 5.78 Å². The first-order valence-electron chi connectivity index (χ1n) is 10.6. The van der Waals surface area contributed by atoms with Crippen LogP contribution in [0, 0.1) is 5.92 Å². The second kappa shape index (κ2) is 10.9. The monoisotopic (exact) mass is 583 g/mol. The standard InChI is InChI=1S/C25H18Cl5N3O3/c26-14-8-13(9-15(27)10-14)21-22(25(21,29)30)23(35)32-17-6-7-19(28)18(11-17)20(34)12-31-24(36)33-16-4-2-1-3-5-16/h1-11,21-22H,12H2,(H,32,35)(H2,31,33,36). The molecule has 3 amide bonds. The van der Waals surface area contributed by atoms with Gasteiger partial charge >= 0.3 is 6.03 Å². The fourth-order valence-corrected chi connectivity index (χ4v) is 5.41. The molecule has 0 saturated heterocycles. The van der Waals surface area contributed by atoms with Crippen molar-refractivity contribution in [3.05, 3.63) is 92.9 Å². The number of carbonyl (C=O) groups excluding carboxylic acids is 3. The third-order valence-electron chi connectivity index (χ3n) is 5.56. The van der Waals surface area contributed by atoms with Crippen molar-refractivity contribution in [2.45, 2.75) is 10.3 Å². The minimum atomic E-state index is -1.35. The summed E-state index contributed by atoms with van der Waals surface area (Å²) < 4.78 is -1.35. The van der Waals surface area contributed by atoms with E-state index >= 15 is 0 Å². The molecular weight excluding hydrogens is 568 g/mol. The minimum absolute atomic E-state index is 0.131. The number of ketones is 1. The quantitative estimate of drug-likeness (QED) is 0.203. The third-order valence-corrected chi connectivity index (χ3v) is 7.26. The molecular formula is C25H18Cl5N3O3. The Hall–Kier alpha value is -2.48. The topological polar surface area (TPSA) is 87.3 Å². The molecule has 3 aromatic carbocycles. The second-order valence-corrected chi connectivity index (χ2v) is 10.8. The molecule has 186 valence electrons. The number of nitrogens with one attached hydrogen (secondary N) is 3. The van der Waals surface area contributed by atoms with E-state index < -0.39 is 33.9 Å². The summed E-state index contributed by atoms with van der Waals surface area (Å²) in [7, 11) is 0. The van der Waals surface area contributed by atoms with Crippen LogP contribution in [0.5, 0.6) is 0 Å². The molecule has 1 fully saturated rings. The first-order valence-corrected chi connectivity index (χ1v) is 12.5. The number of alkyl halides is 2. The van der Waals surface area contributed by atoms with Gasteiger partial charge in [-0.1, -0.05) is 53.0 Å². The maximum absolute atomic E-state index is 13.0. The van der Waals surface area contributed by atoms with Gasteiger partial charge < -0.3 is 16.0 Å². The number of para-hydroxylation sites is 1. The fraction of sp³-hybridized carbons (Fsp3) is 0.160. The molecule has 0 bridgehead atoms. The zero-order chi connectivity index (χ0) is 26.0. The first kappa shape index (κ1) is 26.6. The van der Waals surface area contributed by atoms with Crippen LogP contribution in [0.3, 0.4) is 0 Å². The lowest BCUT2D eigenvalue weighted by Crippen LogP contribution is -2.33. The second-order valence-electron chi connectivity index (χ2n) is 8.11. The van der Waals surface area contributed by atoms with Crippen molar-refractivity contribution >= 4 is 87.1 Å². The van der Waals surface area contributed by atoms with Crippen LogP contribution in [0.4, 0.5) is 16.2 Å². The number of hydrogen-bond acceptors (Lipinski definition) is 3. The van der Waals surface area contributed by atoms with Gasteiger partial charge in [0.1, 0.15) is 4.33 Å². The molecule has 36 heavy (non-hydrogen) atoms. The predicted octanol–water partition coefficient (Wildman–Crippen LogP) is 7.18. The molecule has 2 unspecified atom stereocenters. The van der Waals surface area contributed by atoms with E-state index in [2.05, 4.69) is 16.0 Å². The normalized spacial score (nSPS) is 17.7. The molecule has 11 heteroatoms. The Bertz CT molecular complexity index is 1310. The summed E-state index contributed by atoms with van der Waals surface area (Å²) in [5, 5.41) is 8.81. The Balaban J connectivity index is 1.40. The van der Waals surface area contributed by atoms with Crippen molar-refractivity contribution in [1.29, 1.82) is 0 Å². The number of Topliss-reactive ketones (excluding diaryl/α,β-unsaturated/α-hetero) is 1. The van der Waals surface area contributed by atoms with Gasteiger partial charge in [-0.05, 0) is 54.1 Å². The van der Waals surface area contributed by atoms with Gasteiger partial charge in [0, 0.05) is 32.9 Å². The van der Waals surface area contributed by atoms with Crippen LogP contribution in [-0.2, 0) is 4.79 Å². The summed E-state index contributed by atoms with van der Waals surface area (Å²) in [5.41, 5.74) is 1.68. The van der Waals surface area contributed by atoms with E-state index in [0.29, 0.717) is 27.0 Å². The molecule has 3 aromatic rings. The van der Waals surface area contributed by atoms with Crippen molar-refractivity contribution < 1.29 is 14.4 Å². The third kappa shape index (κ3) is 6.07. The molecule has 6 nitrogen and oxygen atoms in total. The molecule has 3 N–H and O–H groups in total. The summed E-state index contributed by atoms with van der Waals surface area (Å²) in [6.45, 7) is -0.303. The number of urea groups is 1. The summed E-state index contributed by atoms with van der Waals surface area (Å²) in [4.78, 5) is 37.7. The van der Waals surface area contributed by atoms with Gasteiger partial charge in [-0.25, -0.2) is 4.79 Å². The molecule has 0 aliphatic heterocycles. The molecule has 1 saturated carbocycles. The molecule has 0 heterocycles. The maximum atomic E-state index is 13.0. The van der Waals surface area contributed by atoms with Crippen molar-refractivity contribution in [3.8, 4) is 0 Å². The zero-order valence-corrected chi connectivity index (χ0v) is 22.1. The SMILES string of the molecule is O=C(NCC(=O)c1cc(NC(=O)C2C(c3cc(Cl)cc(Cl)c3)C2(Cl)Cl)ccc1Cl)Nc1ccccc1. The lowest BCUT2D eigenvalue weighted by molar-refractivity contribution is -0.117. The highest BCUT2D eigenvalue weighted by Crippen LogP contribution is 2.65. The fourth-order valence-electron chi connectivity index (χ4n) is 3.81. The van der Waals surface area contributed by atoms with Crippen LogP contribution >= 0.6 is 58.0 Å². The van der Waals surface area contributed by atoms with Gasteiger partial charge in [0.25, 0.3) is 0 Å². The lowest BCUT2D eigenvalue weighted by Gasteiger charge is -2.10. The number of anilines is 2. The van der Waals surface area contributed by atoms with Crippen molar-refractivity contribution in [1.82, 2.24) is 5.32 Å². The Morgan fingerprint density at radius 3 is 2.14 bits per heavy atom. The average Bonchev–Trinajstić information content (AvgIpc) is 3.41. The molecule has 2 atom stereocenters. The van der Waals surface area contributed by atoms with Crippen LogP contribution in [0.1, 0.15) is 21.8 Å². The molecule has 0 aromatic heterocycles. The summed E-state index contributed by atoms with van der Waals surface area (Å²) in [5.74, 6) is -2.17. The van der Waals surface area contributed by atoms with E-state index in [1.54, 1.807) is 48.5 Å². The van der Waals surface area contributed by atoms with Crippen LogP contribution in [0.15, 0.2) is 66.7 Å². The predicted molar refractivity (Wildman–Crippen MR) is 145 cm³/mol. The number of benzene rings is 3. The van der Waals surface area contributed by atoms with Gasteiger partial charge in [0.2, 0.25) is 5.91 Å². The van der Waals surface area contributed by atoms with E-state index in [4.69, 9.17) is 58.0 Å². The van der Waals surface area contributed by atoms with Crippen molar-refractivity contribution in [2.24, 2.45) is 5.92 Å². The number of amides is 3. The van der Waals surface area contributed by atoms with E-state index in [0.717, 1.165) is 0 Å². The van der Waals surface area contributed by atoms with E-state index in [9.17, 15) is 14.4 Å². The van der Waals surface area contributed by atoms with Crippen LogP contribution in [0.2, 0.25) is 15.1 Å². The van der Waals surface area contributed by atoms with Gasteiger partial charge in [-0.15, -0.1) is 23.2 Å². The lowest BCUT2D eigenvalue weighted by atomic mass is 10.1. The highest BCUT2D eigenvalue weighted by Gasteiger charge is 2.67. The number of carbonyl (C=O) groups is 3. The van der Waals surface area contributed by atoms with E-state index in [1.807, 2.05) is 6.07 Å². The van der Waals surface area contributed by atoms with Gasteiger partial charge in [0.05, 0.1) is 17.5 Å². The Morgan fingerprint density at radius 2 is 1.47 bits per heavy atom. The molecule has 0 radical (unpaired) electrons. The van der Waals surface area contributed by atoms with E-state index in [1.165, 1.54) is 12.1 Å². The Morgan fingerprint density at radius 1 is 0.806 bits per heavy atom. The highest BCUT2D eigenvalue weighted by atomic mass is 35.5. The van der Waals surface area contributed by atoms with Crippen LogP contribution in [-0.4, -0.2) is 28.6 Å². The maximum Gasteiger partial charge on any atom is 0.319 e. The average molecular weight is 586 g/mol. The van der Waals surface area contributed by atoms with Crippen molar-refractivity contribution in [3.63, 3.8) is 0 Å². The smallest absolute Gasteiger partial charge is 0.319 e. The highest BCUT2D eigenvalue weighted by molar-refractivity contribution is 6.53. The molecule has 4 rings (SSSR count). The van der Waals surface area contributed by atoms with E-state index in [-0.39, 0.29) is 17.1 Å². The van der Waals surface area contributed by atoms with Gasteiger partial charge in [-0.2, -0.15) is 0 Å². The van der Waals surface area contributed by atoms with Crippen LogP contribution in [0.25, 0.3) is 0 Å². The Labute approximate surface area is 232 Å². The molecule has 0 spiro atoms. The number of hydrogen-bond donors (Lipinski definition) is 3. The van der Waals surface area contributed by atoms with Gasteiger partial charge in [-0.3, -0.25) is 9.59 Å². The first-order chi connectivity index (χ1) is 17.1. The number of halogens is 5. The summed E-state index contributed by atoms with van der Waals surface area (Å²) >= 11 is 31.2. The van der Waals surface area contributed by atoms with Crippen LogP contribution < -0.4 is 16.0 Å². The minimum Gasteiger partial charge on any atom is -0.330 e. The van der Waals surface area contributed by atoms with Crippen molar-refractivity contribution in [2.75, 3.05) is 17.2 Å². The summed E-state index contributed by atoms with van der Waals surface area (Å²) in [6.07, 6.45) is 0. The summed E-state index contributed by atoms with van der Waals surface area (Å²) in [6, 6.07) is 17.6. The molecule has 1 aliphatic carbocycles. The largest absolute Gasteiger partial charge is 0.330 e. The number of rotatable bonds is 7. The Kier molecular flexibility index (Phi) is 8.03. The zero-order valence-electron chi connectivity index (χ0n) is 18.3.